The molecular formula is C23H21BrCl2FNO2. The van der Waals surface area contributed by atoms with Crippen LogP contribution in [-0.4, -0.2) is 13.7 Å². The Balaban J connectivity index is 1.61. The first-order chi connectivity index (χ1) is 14.5. The van der Waals surface area contributed by atoms with Crippen molar-refractivity contribution in [3.63, 3.8) is 0 Å². The molecule has 3 rings (SSSR count). The summed E-state index contributed by atoms with van der Waals surface area (Å²) in [6, 6.07) is 16.2. The second kappa shape index (κ2) is 11.0. The lowest BCUT2D eigenvalue weighted by Gasteiger charge is -2.15. The third-order valence-electron chi connectivity index (χ3n) is 4.54. The standard InChI is InChI=1S/C23H21BrCl2FNO2/c1-29-22-12-16(13-28-10-9-15-5-7-17(25)8-6-15)11-19(24)23(22)30-14-18-20(26)3-2-4-21(18)27/h2-8,11-12,28H,9-10,13-14H2,1H3. The van der Waals surface area contributed by atoms with Gasteiger partial charge in [0.1, 0.15) is 12.4 Å². The zero-order chi connectivity index (χ0) is 21.5. The van der Waals surface area contributed by atoms with Gasteiger partial charge in [-0.1, -0.05) is 41.4 Å². The van der Waals surface area contributed by atoms with E-state index in [0.29, 0.717) is 28.6 Å². The Labute approximate surface area is 194 Å². The molecule has 0 heterocycles. The Morgan fingerprint density at radius 3 is 2.50 bits per heavy atom. The summed E-state index contributed by atoms with van der Waals surface area (Å²) in [4.78, 5) is 0. The summed E-state index contributed by atoms with van der Waals surface area (Å²) >= 11 is 15.5. The molecule has 0 aromatic heterocycles. The molecule has 0 radical (unpaired) electrons. The van der Waals surface area contributed by atoms with Gasteiger partial charge >= 0.3 is 0 Å². The Morgan fingerprint density at radius 2 is 1.80 bits per heavy atom. The summed E-state index contributed by atoms with van der Waals surface area (Å²) in [5.74, 6) is 0.659. The molecule has 0 aliphatic carbocycles. The number of nitrogens with one attached hydrogen (secondary N) is 1. The fraction of sp³-hybridized carbons (Fsp3) is 0.217. The molecule has 3 nitrogen and oxygen atoms in total. The quantitative estimate of drug-likeness (QED) is 0.319. The molecule has 0 bridgehead atoms. The lowest BCUT2D eigenvalue weighted by atomic mass is 10.1. The Bertz CT molecular complexity index is 979. The molecule has 0 saturated heterocycles. The Morgan fingerprint density at radius 1 is 1.03 bits per heavy atom. The van der Waals surface area contributed by atoms with Crippen molar-refractivity contribution in [1.29, 1.82) is 0 Å². The lowest BCUT2D eigenvalue weighted by molar-refractivity contribution is 0.277. The predicted molar refractivity (Wildman–Crippen MR) is 123 cm³/mol. The number of methoxy groups -OCH3 is 1. The Kier molecular flexibility index (Phi) is 8.40. The lowest BCUT2D eigenvalue weighted by Crippen LogP contribution is -2.16. The summed E-state index contributed by atoms with van der Waals surface area (Å²) in [5.41, 5.74) is 2.56. The van der Waals surface area contributed by atoms with Crippen molar-refractivity contribution < 1.29 is 13.9 Å². The van der Waals surface area contributed by atoms with E-state index < -0.39 is 5.82 Å². The highest BCUT2D eigenvalue weighted by Crippen LogP contribution is 2.37. The van der Waals surface area contributed by atoms with E-state index in [9.17, 15) is 4.39 Å². The van der Waals surface area contributed by atoms with E-state index in [1.54, 1.807) is 19.2 Å². The zero-order valence-electron chi connectivity index (χ0n) is 16.4. The summed E-state index contributed by atoms with van der Waals surface area (Å²) in [5, 5.41) is 4.48. The van der Waals surface area contributed by atoms with Gasteiger partial charge < -0.3 is 14.8 Å². The maximum atomic E-state index is 14.0. The number of rotatable bonds is 9. The number of halogens is 4. The minimum atomic E-state index is -0.404. The highest BCUT2D eigenvalue weighted by Gasteiger charge is 2.14. The largest absolute Gasteiger partial charge is 0.493 e. The van der Waals surface area contributed by atoms with Crippen LogP contribution < -0.4 is 14.8 Å². The van der Waals surface area contributed by atoms with Crippen molar-refractivity contribution in [3.8, 4) is 11.5 Å². The normalized spacial score (nSPS) is 10.8. The molecule has 0 saturated carbocycles. The number of benzene rings is 3. The highest BCUT2D eigenvalue weighted by molar-refractivity contribution is 9.10. The Hall–Kier alpha value is -1.79. The van der Waals surface area contributed by atoms with E-state index in [2.05, 4.69) is 21.2 Å². The van der Waals surface area contributed by atoms with Crippen molar-refractivity contribution in [2.75, 3.05) is 13.7 Å². The van der Waals surface area contributed by atoms with E-state index in [1.807, 2.05) is 36.4 Å². The molecule has 0 fully saturated rings. The van der Waals surface area contributed by atoms with Crippen LogP contribution in [0.4, 0.5) is 4.39 Å². The van der Waals surface area contributed by atoms with Gasteiger partial charge in [0.25, 0.3) is 0 Å². The van der Waals surface area contributed by atoms with Crippen molar-refractivity contribution in [3.05, 3.63) is 91.6 Å². The SMILES string of the molecule is COc1cc(CNCCc2ccc(Cl)cc2)cc(Br)c1OCc1c(F)cccc1Cl. The third kappa shape index (κ3) is 6.11. The fourth-order valence-electron chi connectivity index (χ4n) is 2.95. The second-order valence-electron chi connectivity index (χ2n) is 6.65. The molecule has 3 aromatic carbocycles. The van der Waals surface area contributed by atoms with Gasteiger partial charge in [-0.2, -0.15) is 0 Å². The zero-order valence-corrected chi connectivity index (χ0v) is 19.5. The van der Waals surface area contributed by atoms with Crippen LogP contribution in [0.1, 0.15) is 16.7 Å². The number of hydrogen-bond donors (Lipinski definition) is 1. The molecule has 158 valence electrons. The molecule has 0 atom stereocenters. The van der Waals surface area contributed by atoms with E-state index in [0.717, 1.165) is 28.0 Å². The molecule has 3 aromatic rings. The van der Waals surface area contributed by atoms with Crippen molar-refractivity contribution in [2.24, 2.45) is 0 Å². The van der Waals surface area contributed by atoms with Crippen LogP contribution in [0.15, 0.2) is 59.1 Å². The fourth-order valence-corrected chi connectivity index (χ4v) is 3.89. The van der Waals surface area contributed by atoms with Crippen LogP contribution in [-0.2, 0) is 19.6 Å². The molecule has 0 unspecified atom stereocenters. The number of ether oxygens (including phenoxy) is 2. The maximum absolute atomic E-state index is 14.0. The van der Waals surface area contributed by atoms with Gasteiger partial charge in [0.05, 0.1) is 16.6 Å². The molecule has 1 N–H and O–H groups in total. The number of hydrogen-bond acceptors (Lipinski definition) is 3. The highest BCUT2D eigenvalue weighted by atomic mass is 79.9. The van der Waals surface area contributed by atoms with Gasteiger partial charge in [-0.15, -0.1) is 0 Å². The first-order valence-corrected chi connectivity index (χ1v) is 10.9. The monoisotopic (exact) mass is 511 g/mol. The van der Waals surface area contributed by atoms with Crippen molar-refractivity contribution in [2.45, 2.75) is 19.6 Å². The van der Waals surface area contributed by atoms with Crippen LogP contribution in [0.2, 0.25) is 10.0 Å². The van der Waals surface area contributed by atoms with Crippen molar-refractivity contribution >= 4 is 39.1 Å². The minimum Gasteiger partial charge on any atom is -0.493 e. The topological polar surface area (TPSA) is 30.5 Å². The summed E-state index contributed by atoms with van der Waals surface area (Å²) in [7, 11) is 1.57. The minimum absolute atomic E-state index is 0.000838. The molecule has 0 amide bonds. The van der Waals surface area contributed by atoms with Gasteiger partial charge in [0, 0.05) is 17.1 Å². The van der Waals surface area contributed by atoms with E-state index in [1.165, 1.54) is 11.6 Å². The van der Waals surface area contributed by atoms with Gasteiger partial charge in [-0.25, -0.2) is 4.39 Å². The first kappa shape index (κ1) is 22.9. The van der Waals surface area contributed by atoms with E-state index in [4.69, 9.17) is 32.7 Å². The van der Waals surface area contributed by atoms with E-state index >= 15 is 0 Å². The average molecular weight is 513 g/mol. The van der Waals surface area contributed by atoms with Gasteiger partial charge in [-0.05, 0) is 76.4 Å². The average Bonchev–Trinajstić information content (AvgIpc) is 2.73. The van der Waals surface area contributed by atoms with Crippen LogP contribution >= 0.6 is 39.1 Å². The molecule has 0 aliphatic rings. The summed E-state index contributed by atoms with van der Waals surface area (Å²) in [6.07, 6.45) is 0.903. The first-order valence-electron chi connectivity index (χ1n) is 9.35. The van der Waals surface area contributed by atoms with Crippen LogP contribution in [0, 0.1) is 5.82 Å². The third-order valence-corrected chi connectivity index (χ3v) is 5.74. The van der Waals surface area contributed by atoms with Gasteiger partial charge in [-0.3, -0.25) is 0 Å². The van der Waals surface area contributed by atoms with Gasteiger partial charge in [0.2, 0.25) is 0 Å². The maximum Gasteiger partial charge on any atom is 0.175 e. The van der Waals surface area contributed by atoms with Crippen LogP contribution in [0.3, 0.4) is 0 Å². The smallest absolute Gasteiger partial charge is 0.175 e. The molecule has 30 heavy (non-hydrogen) atoms. The molecule has 7 heteroatoms. The van der Waals surface area contributed by atoms with Gasteiger partial charge in [0.15, 0.2) is 11.5 Å². The summed E-state index contributed by atoms with van der Waals surface area (Å²) < 4.78 is 26.0. The molecular weight excluding hydrogens is 492 g/mol. The summed E-state index contributed by atoms with van der Waals surface area (Å²) in [6.45, 7) is 1.49. The van der Waals surface area contributed by atoms with E-state index in [-0.39, 0.29) is 6.61 Å². The second-order valence-corrected chi connectivity index (χ2v) is 8.35. The predicted octanol–water partition coefficient (Wildman–Crippen LogP) is 6.81. The van der Waals surface area contributed by atoms with Crippen molar-refractivity contribution in [1.82, 2.24) is 5.32 Å². The molecule has 0 spiro atoms. The molecule has 0 aliphatic heterocycles. The van der Waals surface area contributed by atoms with Crippen LogP contribution in [0.25, 0.3) is 0 Å². The van der Waals surface area contributed by atoms with Crippen LogP contribution in [0.5, 0.6) is 11.5 Å².